The van der Waals surface area contributed by atoms with E-state index in [1.54, 1.807) is 11.0 Å². The van der Waals surface area contributed by atoms with E-state index in [1.165, 1.54) is 29.1 Å². The summed E-state index contributed by atoms with van der Waals surface area (Å²) in [6.45, 7) is 0.945. The topological polar surface area (TPSA) is 66.9 Å². The molecule has 4 rings (SSSR count). The molecule has 1 fully saturated rings. The molecule has 6 nitrogen and oxygen atoms in total. The summed E-state index contributed by atoms with van der Waals surface area (Å²) >= 11 is 0. The molecule has 0 atom stereocenters. The van der Waals surface area contributed by atoms with Crippen LogP contribution in [-0.2, 0) is 22.9 Å². The molecule has 0 spiro atoms. The highest BCUT2D eigenvalue weighted by Crippen LogP contribution is 2.26. The van der Waals surface area contributed by atoms with Crippen LogP contribution >= 0.6 is 0 Å². The van der Waals surface area contributed by atoms with Gasteiger partial charge in [-0.2, -0.15) is 4.31 Å². The molecular formula is C22H25FN2O4S. The van der Waals surface area contributed by atoms with Crippen LogP contribution in [0.5, 0.6) is 5.75 Å². The fraction of sp³-hybridized carbons (Fsp3) is 0.409. The fourth-order valence-electron chi connectivity index (χ4n) is 4.13. The van der Waals surface area contributed by atoms with E-state index in [0.717, 1.165) is 37.3 Å². The molecule has 1 saturated heterocycles. The molecule has 0 unspecified atom stereocenters. The lowest BCUT2D eigenvalue weighted by molar-refractivity contribution is 0.0697. The molecule has 0 N–H and O–H groups in total. The summed E-state index contributed by atoms with van der Waals surface area (Å²) in [5.74, 6) is -0.841. The van der Waals surface area contributed by atoms with Gasteiger partial charge in [-0.25, -0.2) is 12.8 Å². The normalized spacial score (nSPS) is 17.5. The fourth-order valence-corrected chi connectivity index (χ4v) is 5.61. The zero-order valence-electron chi connectivity index (χ0n) is 16.9. The minimum absolute atomic E-state index is 0.0764. The minimum atomic E-state index is -3.61. The van der Waals surface area contributed by atoms with Gasteiger partial charge < -0.3 is 9.64 Å². The number of hydrogen-bond acceptors (Lipinski definition) is 4. The number of hydrogen-bond donors (Lipinski definition) is 0. The van der Waals surface area contributed by atoms with Crippen molar-refractivity contribution in [1.29, 1.82) is 0 Å². The Morgan fingerprint density at radius 1 is 0.967 bits per heavy atom. The lowest BCUT2D eigenvalue weighted by atomic mass is 9.92. The molecule has 1 aliphatic carbocycles. The van der Waals surface area contributed by atoms with Crippen LogP contribution in [0.25, 0.3) is 0 Å². The largest absolute Gasteiger partial charge is 0.494 e. The number of piperazine rings is 1. The van der Waals surface area contributed by atoms with Crippen LogP contribution in [-0.4, -0.2) is 56.8 Å². The third-order valence-electron chi connectivity index (χ3n) is 5.88. The van der Waals surface area contributed by atoms with E-state index >= 15 is 0 Å². The van der Waals surface area contributed by atoms with E-state index in [2.05, 4.69) is 0 Å². The maximum Gasteiger partial charge on any atom is 0.254 e. The van der Waals surface area contributed by atoms with Crippen molar-refractivity contribution in [1.82, 2.24) is 9.21 Å². The Labute approximate surface area is 176 Å². The van der Waals surface area contributed by atoms with Crippen LogP contribution in [0.2, 0.25) is 0 Å². The highest BCUT2D eigenvalue weighted by molar-refractivity contribution is 7.89. The maximum atomic E-state index is 13.9. The van der Waals surface area contributed by atoms with Gasteiger partial charge in [0, 0.05) is 31.7 Å². The summed E-state index contributed by atoms with van der Waals surface area (Å²) in [6.07, 6.45) is 4.15. The molecule has 1 amide bonds. The van der Waals surface area contributed by atoms with Crippen LogP contribution in [0.15, 0.2) is 41.3 Å². The van der Waals surface area contributed by atoms with Crippen molar-refractivity contribution >= 4 is 15.9 Å². The number of nitrogens with zero attached hydrogens (tertiary/aromatic N) is 2. The Hall–Kier alpha value is -2.45. The van der Waals surface area contributed by atoms with E-state index in [0.29, 0.717) is 4.90 Å². The Balaban J connectivity index is 1.45. The minimum Gasteiger partial charge on any atom is -0.494 e. The monoisotopic (exact) mass is 432 g/mol. The zero-order valence-corrected chi connectivity index (χ0v) is 17.8. The van der Waals surface area contributed by atoms with E-state index in [-0.39, 0.29) is 43.4 Å². The average Bonchev–Trinajstić information content (AvgIpc) is 2.78. The molecule has 1 heterocycles. The van der Waals surface area contributed by atoms with Crippen LogP contribution in [0.3, 0.4) is 0 Å². The lowest BCUT2D eigenvalue weighted by Crippen LogP contribution is -2.50. The van der Waals surface area contributed by atoms with Crippen molar-refractivity contribution in [3.63, 3.8) is 0 Å². The number of benzene rings is 2. The number of methoxy groups -OCH3 is 1. The molecule has 30 heavy (non-hydrogen) atoms. The number of fused-ring (bicyclic) bond motifs is 1. The quantitative estimate of drug-likeness (QED) is 0.745. The Morgan fingerprint density at radius 3 is 2.33 bits per heavy atom. The Morgan fingerprint density at radius 2 is 1.67 bits per heavy atom. The van der Waals surface area contributed by atoms with Crippen LogP contribution in [0.1, 0.15) is 34.3 Å². The van der Waals surface area contributed by atoms with Gasteiger partial charge in [-0.15, -0.1) is 0 Å². The third-order valence-corrected chi connectivity index (χ3v) is 7.78. The van der Waals surface area contributed by atoms with E-state index in [9.17, 15) is 17.6 Å². The van der Waals surface area contributed by atoms with E-state index < -0.39 is 15.8 Å². The molecule has 0 aromatic heterocycles. The van der Waals surface area contributed by atoms with Crippen molar-refractivity contribution in [2.45, 2.75) is 30.6 Å². The molecule has 2 aromatic carbocycles. The Bertz CT molecular complexity index is 1060. The van der Waals surface area contributed by atoms with E-state index in [4.69, 9.17) is 4.74 Å². The van der Waals surface area contributed by atoms with Gasteiger partial charge in [0.1, 0.15) is 0 Å². The first-order valence-corrected chi connectivity index (χ1v) is 11.6. The maximum absolute atomic E-state index is 13.9. The summed E-state index contributed by atoms with van der Waals surface area (Å²) in [4.78, 5) is 14.6. The number of amides is 1. The highest BCUT2D eigenvalue weighted by Gasteiger charge is 2.31. The van der Waals surface area contributed by atoms with Gasteiger partial charge in [0.25, 0.3) is 5.91 Å². The van der Waals surface area contributed by atoms with Crippen molar-refractivity contribution in [2.75, 3.05) is 33.3 Å². The summed E-state index contributed by atoms with van der Waals surface area (Å²) in [6, 6.07) is 9.51. The first-order chi connectivity index (χ1) is 14.4. The second-order valence-corrected chi connectivity index (χ2v) is 9.62. The third kappa shape index (κ3) is 3.94. The molecule has 0 bridgehead atoms. The van der Waals surface area contributed by atoms with Gasteiger partial charge in [-0.1, -0.05) is 6.07 Å². The van der Waals surface area contributed by atoms with Gasteiger partial charge in [-0.3, -0.25) is 4.79 Å². The SMILES string of the molecule is COc1ccc(C(=O)N2CCN(S(=O)(=O)c3ccc4c(c3)CCCC4)CC2)cc1F. The van der Waals surface area contributed by atoms with Gasteiger partial charge in [0.05, 0.1) is 12.0 Å². The summed E-state index contributed by atoms with van der Waals surface area (Å²) < 4.78 is 46.4. The second kappa shape index (κ2) is 8.35. The van der Waals surface area contributed by atoms with Gasteiger partial charge in [0.2, 0.25) is 10.0 Å². The van der Waals surface area contributed by atoms with Crippen molar-refractivity contribution in [3.8, 4) is 5.75 Å². The summed E-state index contributed by atoms with van der Waals surface area (Å²) in [5, 5.41) is 0. The summed E-state index contributed by atoms with van der Waals surface area (Å²) in [5.41, 5.74) is 2.58. The number of carbonyl (C=O) groups excluding carboxylic acids is 1. The number of carbonyl (C=O) groups is 1. The standard InChI is InChI=1S/C22H25FN2O4S/c1-29-21-9-7-18(15-20(21)23)22(26)24-10-12-25(13-11-24)30(27,28)19-8-6-16-4-2-3-5-17(16)14-19/h6-9,14-15H,2-5,10-13H2,1H3. The molecular weight excluding hydrogens is 407 g/mol. The predicted molar refractivity (Wildman–Crippen MR) is 111 cm³/mol. The van der Waals surface area contributed by atoms with E-state index in [1.807, 2.05) is 12.1 Å². The number of rotatable bonds is 4. The smallest absolute Gasteiger partial charge is 0.254 e. The number of sulfonamides is 1. The van der Waals surface area contributed by atoms with Gasteiger partial charge >= 0.3 is 0 Å². The molecule has 1 aliphatic heterocycles. The van der Waals surface area contributed by atoms with Crippen LogP contribution in [0, 0.1) is 5.82 Å². The Kier molecular flexibility index (Phi) is 5.79. The summed E-state index contributed by atoms with van der Waals surface area (Å²) in [7, 11) is -2.24. The first kappa shape index (κ1) is 20.8. The molecule has 0 radical (unpaired) electrons. The first-order valence-electron chi connectivity index (χ1n) is 10.1. The molecule has 2 aliphatic rings. The highest BCUT2D eigenvalue weighted by atomic mass is 32.2. The number of aryl methyl sites for hydroxylation is 2. The van der Waals surface area contributed by atoms with Crippen molar-refractivity contribution in [3.05, 3.63) is 58.9 Å². The zero-order chi connectivity index (χ0) is 21.3. The number of halogens is 1. The van der Waals surface area contributed by atoms with Crippen LogP contribution in [0.4, 0.5) is 4.39 Å². The van der Waals surface area contributed by atoms with Crippen molar-refractivity contribution in [2.24, 2.45) is 0 Å². The average molecular weight is 433 g/mol. The van der Waals surface area contributed by atoms with Gasteiger partial charge in [-0.05, 0) is 67.1 Å². The molecule has 0 saturated carbocycles. The predicted octanol–water partition coefficient (Wildman–Crippen LogP) is 2.86. The lowest BCUT2D eigenvalue weighted by Gasteiger charge is -2.34. The van der Waals surface area contributed by atoms with Gasteiger partial charge in [0.15, 0.2) is 11.6 Å². The van der Waals surface area contributed by atoms with Crippen molar-refractivity contribution < 1.29 is 22.3 Å². The molecule has 2 aromatic rings. The molecule has 8 heteroatoms. The van der Waals surface area contributed by atoms with Crippen LogP contribution < -0.4 is 4.74 Å². The number of ether oxygens (including phenoxy) is 1. The molecule has 160 valence electrons. The second-order valence-electron chi connectivity index (χ2n) is 7.68.